The second-order valence-corrected chi connectivity index (χ2v) is 5.56. The van der Waals surface area contributed by atoms with Crippen molar-refractivity contribution >= 4 is 6.03 Å². The normalized spacial score (nSPS) is 10.1. The number of carbonyl (C=O) groups excluding carboxylic acids is 1. The second kappa shape index (κ2) is 8.82. The number of aryl methyl sites for hydroxylation is 1. The van der Waals surface area contributed by atoms with Gasteiger partial charge >= 0.3 is 6.03 Å². The Morgan fingerprint density at radius 2 is 1.48 bits per heavy atom. The average Bonchev–Trinajstić information content (AvgIpc) is 2.63. The van der Waals surface area contributed by atoms with E-state index in [9.17, 15) is 4.79 Å². The fourth-order valence-electron chi connectivity index (χ4n) is 2.49. The number of carbonyl (C=O) groups is 1. The number of urea groups is 1. The summed E-state index contributed by atoms with van der Waals surface area (Å²) in [6.07, 6.45) is 0. The van der Waals surface area contributed by atoms with Crippen molar-refractivity contribution in [2.75, 3.05) is 21.3 Å². The fraction of sp³-hybridized carbons (Fsp3) is 0.316. The molecule has 0 aliphatic carbocycles. The lowest BCUT2D eigenvalue weighted by Gasteiger charge is -2.14. The van der Waals surface area contributed by atoms with Crippen molar-refractivity contribution in [2.45, 2.75) is 20.0 Å². The molecule has 2 aromatic carbocycles. The average molecular weight is 344 g/mol. The molecule has 2 aromatic rings. The monoisotopic (exact) mass is 344 g/mol. The van der Waals surface area contributed by atoms with E-state index in [-0.39, 0.29) is 6.03 Å². The lowest BCUT2D eigenvalue weighted by molar-refractivity contribution is 0.240. The van der Waals surface area contributed by atoms with Gasteiger partial charge in [0.1, 0.15) is 0 Å². The Balaban J connectivity index is 1.95. The molecule has 2 rings (SSSR count). The van der Waals surface area contributed by atoms with E-state index in [4.69, 9.17) is 14.2 Å². The first-order chi connectivity index (χ1) is 12.1. The lowest BCUT2D eigenvalue weighted by atomic mass is 10.1. The highest BCUT2D eigenvalue weighted by atomic mass is 16.5. The molecule has 0 fully saturated rings. The Morgan fingerprint density at radius 3 is 2.00 bits per heavy atom. The van der Waals surface area contributed by atoms with Gasteiger partial charge in [0.05, 0.1) is 21.3 Å². The highest BCUT2D eigenvalue weighted by molar-refractivity contribution is 5.73. The van der Waals surface area contributed by atoms with Crippen molar-refractivity contribution in [3.8, 4) is 17.2 Å². The number of amides is 2. The lowest BCUT2D eigenvalue weighted by Crippen LogP contribution is -2.34. The SMILES string of the molecule is COc1cc(CNC(=O)NCc2cccc(C)c2)cc(OC)c1OC. The molecular weight excluding hydrogens is 320 g/mol. The quantitative estimate of drug-likeness (QED) is 0.810. The van der Waals surface area contributed by atoms with Crippen LogP contribution in [0.3, 0.4) is 0 Å². The molecule has 0 unspecified atom stereocenters. The van der Waals surface area contributed by atoms with Crippen molar-refractivity contribution in [1.29, 1.82) is 0 Å². The van der Waals surface area contributed by atoms with Gasteiger partial charge in [0.15, 0.2) is 11.5 Å². The van der Waals surface area contributed by atoms with Crippen LogP contribution in [0.4, 0.5) is 4.79 Å². The zero-order valence-corrected chi connectivity index (χ0v) is 15.0. The summed E-state index contributed by atoms with van der Waals surface area (Å²) in [4.78, 5) is 12.0. The molecule has 0 spiro atoms. The summed E-state index contributed by atoms with van der Waals surface area (Å²) < 4.78 is 15.9. The minimum Gasteiger partial charge on any atom is -0.493 e. The van der Waals surface area contributed by atoms with Crippen molar-refractivity contribution < 1.29 is 19.0 Å². The zero-order valence-electron chi connectivity index (χ0n) is 15.0. The van der Waals surface area contributed by atoms with Crippen molar-refractivity contribution in [2.24, 2.45) is 0 Å². The molecule has 2 N–H and O–H groups in total. The van der Waals surface area contributed by atoms with Gasteiger partial charge in [-0.15, -0.1) is 0 Å². The van der Waals surface area contributed by atoms with Crippen LogP contribution in [0.5, 0.6) is 17.2 Å². The maximum absolute atomic E-state index is 12.0. The van der Waals surface area contributed by atoms with Crippen LogP contribution in [0, 0.1) is 6.92 Å². The van der Waals surface area contributed by atoms with Crippen LogP contribution >= 0.6 is 0 Å². The molecule has 0 radical (unpaired) electrons. The molecule has 0 aromatic heterocycles. The number of nitrogens with one attached hydrogen (secondary N) is 2. The highest BCUT2D eigenvalue weighted by Crippen LogP contribution is 2.38. The Bertz CT molecular complexity index is 706. The maximum atomic E-state index is 12.0. The summed E-state index contributed by atoms with van der Waals surface area (Å²) in [5.41, 5.74) is 3.07. The number of rotatable bonds is 7. The molecule has 0 atom stereocenters. The number of benzene rings is 2. The summed E-state index contributed by atoms with van der Waals surface area (Å²) in [6, 6.07) is 11.4. The van der Waals surface area contributed by atoms with E-state index in [0.717, 1.165) is 16.7 Å². The third-order valence-electron chi connectivity index (χ3n) is 3.71. The molecule has 2 amide bonds. The first kappa shape index (κ1) is 18.4. The summed E-state index contributed by atoms with van der Waals surface area (Å²) in [5, 5.41) is 5.66. The minimum atomic E-state index is -0.241. The topological polar surface area (TPSA) is 68.8 Å². The molecule has 0 bridgehead atoms. The Labute approximate surface area is 148 Å². The van der Waals surface area contributed by atoms with Gasteiger partial charge in [-0.3, -0.25) is 0 Å². The number of methoxy groups -OCH3 is 3. The molecule has 0 saturated carbocycles. The largest absolute Gasteiger partial charge is 0.493 e. The molecule has 0 aliphatic heterocycles. The molecule has 6 nitrogen and oxygen atoms in total. The molecule has 0 aliphatic rings. The summed E-state index contributed by atoms with van der Waals surface area (Å²) >= 11 is 0. The number of ether oxygens (including phenoxy) is 3. The zero-order chi connectivity index (χ0) is 18.2. The van der Waals surface area contributed by atoms with E-state index in [0.29, 0.717) is 30.3 Å². The molecule has 0 saturated heterocycles. The summed E-state index contributed by atoms with van der Waals surface area (Å²) in [7, 11) is 4.67. The van der Waals surface area contributed by atoms with Crippen LogP contribution in [-0.4, -0.2) is 27.4 Å². The van der Waals surface area contributed by atoms with Crippen molar-refractivity contribution in [1.82, 2.24) is 10.6 Å². The predicted octanol–water partition coefficient (Wildman–Crippen LogP) is 3.02. The van der Waals surface area contributed by atoms with Gasteiger partial charge in [-0.05, 0) is 30.2 Å². The molecule has 0 heterocycles. The van der Waals surface area contributed by atoms with E-state index in [2.05, 4.69) is 10.6 Å². The first-order valence-corrected chi connectivity index (χ1v) is 7.93. The third-order valence-corrected chi connectivity index (χ3v) is 3.71. The molecule has 6 heteroatoms. The van der Waals surface area contributed by atoms with Crippen LogP contribution in [0.1, 0.15) is 16.7 Å². The van der Waals surface area contributed by atoms with E-state index in [1.807, 2.05) is 43.3 Å². The van der Waals surface area contributed by atoms with E-state index < -0.39 is 0 Å². The highest BCUT2D eigenvalue weighted by Gasteiger charge is 2.13. The molecule has 25 heavy (non-hydrogen) atoms. The van der Waals surface area contributed by atoms with Gasteiger partial charge in [-0.25, -0.2) is 4.79 Å². The van der Waals surface area contributed by atoms with Crippen LogP contribution in [-0.2, 0) is 13.1 Å². The standard InChI is InChI=1S/C19H24N2O4/c1-13-6-5-7-14(8-13)11-20-19(22)21-12-15-9-16(23-2)18(25-4)17(10-15)24-3/h5-10H,11-12H2,1-4H3,(H2,20,21,22). The van der Waals surface area contributed by atoms with Crippen LogP contribution in [0.2, 0.25) is 0 Å². The van der Waals surface area contributed by atoms with E-state index >= 15 is 0 Å². The first-order valence-electron chi connectivity index (χ1n) is 7.93. The van der Waals surface area contributed by atoms with Crippen molar-refractivity contribution in [3.63, 3.8) is 0 Å². The van der Waals surface area contributed by atoms with Crippen molar-refractivity contribution in [3.05, 3.63) is 53.1 Å². The minimum absolute atomic E-state index is 0.241. The van der Waals surface area contributed by atoms with Gasteiger partial charge < -0.3 is 24.8 Å². The van der Waals surface area contributed by atoms with Gasteiger partial charge in [-0.2, -0.15) is 0 Å². The summed E-state index contributed by atoms with van der Waals surface area (Å²) in [5.74, 6) is 1.63. The maximum Gasteiger partial charge on any atom is 0.315 e. The van der Waals surface area contributed by atoms with Crippen LogP contribution in [0.25, 0.3) is 0 Å². The second-order valence-electron chi connectivity index (χ2n) is 5.56. The van der Waals surface area contributed by atoms with Crippen LogP contribution < -0.4 is 24.8 Å². The van der Waals surface area contributed by atoms with E-state index in [1.165, 1.54) is 0 Å². The van der Waals surface area contributed by atoms with Gasteiger partial charge in [0.25, 0.3) is 0 Å². The van der Waals surface area contributed by atoms with Crippen LogP contribution in [0.15, 0.2) is 36.4 Å². The smallest absolute Gasteiger partial charge is 0.315 e. The fourth-order valence-corrected chi connectivity index (χ4v) is 2.49. The molecule has 134 valence electrons. The van der Waals surface area contributed by atoms with Gasteiger partial charge in [-0.1, -0.05) is 29.8 Å². The number of hydrogen-bond donors (Lipinski definition) is 2. The predicted molar refractivity (Wildman–Crippen MR) is 96.4 cm³/mol. The third kappa shape index (κ3) is 5.04. The Hall–Kier alpha value is -2.89. The summed E-state index contributed by atoms with van der Waals surface area (Å²) in [6.45, 7) is 2.84. The Kier molecular flexibility index (Phi) is 6.51. The van der Waals surface area contributed by atoms with E-state index in [1.54, 1.807) is 21.3 Å². The molecular formula is C19H24N2O4. The Morgan fingerprint density at radius 1 is 0.880 bits per heavy atom. The van der Waals surface area contributed by atoms with Gasteiger partial charge in [0.2, 0.25) is 5.75 Å². The van der Waals surface area contributed by atoms with Gasteiger partial charge in [0, 0.05) is 13.1 Å². The number of hydrogen-bond acceptors (Lipinski definition) is 4.